The van der Waals surface area contributed by atoms with E-state index in [1.54, 1.807) is 30.1 Å². The van der Waals surface area contributed by atoms with Crippen molar-refractivity contribution in [3.63, 3.8) is 0 Å². The summed E-state index contributed by atoms with van der Waals surface area (Å²) in [5, 5.41) is 2.89. The van der Waals surface area contributed by atoms with Crippen LogP contribution in [0.2, 0.25) is 0 Å². The van der Waals surface area contributed by atoms with Gasteiger partial charge in [0.1, 0.15) is 5.75 Å². The molecule has 0 aliphatic carbocycles. The summed E-state index contributed by atoms with van der Waals surface area (Å²) >= 11 is 0. The Morgan fingerprint density at radius 2 is 2.29 bits per heavy atom. The molecule has 0 bridgehead atoms. The Morgan fingerprint density at radius 1 is 1.43 bits per heavy atom. The normalized spacial score (nSPS) is 21.5. The van der Waals surface area contributed by atoms with E-state index in [9.17, 15) is 9.59 Å². The number of carbonyl (C=O) groups excluding carboxylic acids is 2. The van der Waals surface area contributed by atoms with Gasteiger partial charge >= 0.3 is 0 Å². The van der Waals surface area contributed by atoms with Gasteiger partial charge in [-0.3, -0.25) is 9.59 Å². The maximum Gasteiger partial charge on any atom is 0.264 e. The van der Waals surface area contributed by atoms with Gasteiger partial charge in [-0.25, -0.2) is 0 Å². The van der Waals surface area contributed by atoms with Gasteiger partial charge in [0.25, 0.3) is 5.91 Å². The fourth-order valence-corrected chi connectivity index (χ4v) is 2.55. The van der Waals surface area contributed by atoms with Crippen molar-refractivity contribution >= 4 is 23.2 Å². The molecule has 6 heteroatoms. The standard InChI is InChI=1S/C15H18N2O4/c1-17-12-5-4-11(7-13(12)21-9-14(17)18)16-15(19)10-3-2-6-20-8-10/h4-5,7,10H,2-3,6,8-9H2,1H3,(H,16,19). The Labute approximate surface area is 123 Å². The third kappa shape index (κ3) is 2.85. The van der Waals surface area contributed by atoms with Crippen molar-refractivity contribution in [1.29, 1.82) is 0 Å². The largest absolute Gasteiger partial charge is 0.481 e. The first kappa shape index (κ1) is 13.9. The summed E-state index contributed by atoms with van der Waals surface area (Å²) in [4.78, 5) is 25.3. The first-order valence-corrected chi connectivity index (χ1v) is 7.07. The summed E-state index contributed by atoms with van der Waals surface area (Å²) < 4.78 is 10.7. The summed E-state index contributed by atoms with van der Waals surface area (Å²) in [5.74, 6) is 0.392. The molecule has 2 aliphatic rings. The van der Waals surface area contributed by atoms with Crippen LogP contribution < -0.4 is 15.0 Å². The minimum Gasteiger partial charge on any atom is -0.481 e. The van der Waals surface area contributed by atoms with E-state index in [0.29, 0.717) is 23.7 Å². The maximum atomic E-state index is 12.2. The molecule has 6 nitrogen and oxygen atoms in total. The Kier molecular flexibility index (Phi) is 3.79. The molecule has 1 unspecified atom stereocenters. The van der Waals surface area contributed by atoms with Crippen molar-refractivity contribution in [2.45, 2.75) is 12.8 Å². The number of amides is 2. The quantitative estimate of drug-likeness (QED) is 0.894. The van der Waals surface area contributed by atoms with Gasteiger partial charge in [-0.1, -0.05) is 0 Å². The third-order valence-corrected chi connectivity index (χ3v) is 3.85. The predicted octanol–water partition coefficient (Wildman–Crippen LogP) is 1.41. The summed E-state index contributed by atoms with van der Waals surface area (Å²) in [5.41, 5.74) is 1.39. The molecule has 1 aromatic rings. The molecular formula is C15H18N2O4. The second-order valence-corrected chi connectivity index (χ2v) is 5.33. The fourth-order valence-electron chi connectivity index (χ4n) is 2.55. The van der Waals surface area contributed by atoms with E-state index >= 15 is 0 Å². The highest BCUT2D eigenvalue weighted by Crippen LogP contribution is 2.33. The van der Waals surface area contributed by atoms with Crippen molar-refractivity contribution < 1.29 is 19.1 Å². The molecule has 3 rings (SSSR count). The third-order valence-electron chi connectivity index (χ3n) is 3.85. The molecule has 2 aliphatic heterocycles. The van der Waals surface area contributed by atoms with E-state index in [1.807, 2.05) is 0 Å². The lowest BCUT2D eigenvalue weighted by Crippen LogP contribution is -2.35. The molecule has 2 amide bonds. The number of nitrogens with zero attached hydrogens (tertiary/aromatic N) is 1. The lowest BCUT2D eigenvalue weighted by Gasteiger charge is -2.26. The smallest absolute Gasteiger partial charge is 0.264 e. The number of ether oxygens (including phenoxy) is 2. The Bertz CT molecular complexity index is 567. The molecule has 112 valence electrons. The van der Waals surface area contributed by atoms with Gasteiger partial charge < -0.3 is 19.7 Å². The van der Waals surface area contributed by atoms with Crippen LogP contribution in [-0.2, 0) is 14.3 Å². The van der Waals surface area contributed by atoms with Crippen molar-refractivity contribution in [1.82, 2.24) is 0 Å². The van der Waals surface area contributed by atoms with Crippen molar-refractivity contribution in [2.24, 2.45) is 5.92 Å². The van der Waals surface area contributed by atoms with Gasteiger partial charge in [-0.15, -0.1) is 0 Å². The van der Waals surface area contributed by atoms with Crippen LogP contribution in [0.15, 0.2) is 18.2 Å². The number of carbonyl (C=O) groups is 2. The number of fused-ring (bicyclic) bond motifs is 1. The fraction of sp³-hybridized carbons (Fsp3) is 0.467. The molecule has 0 saturated carbocycles. The van der Waals surface area contributed by atoms with Crippen LogP contribution in [-0.4, -0.2) is 38.7 Å². The number of hydrogen-bond donors (Lipinski definition) is 1. The predicted molar refractivity (Wildman–Crippen MR) is 77.5 cm³/mol. The zero-order valence-electron chi connectivity index (χ0n) is 11.9. The van der Waals surface area contributed by atoms with Crippen molar-refractivity contribution in [2.75, 3.05) is 37.1 Å². The Hall–Kier alpha value is -2.08. The average molecular weight is 290 g/mol. The van der Waals surface area contributed by atoms with Crippen LogP contribution in [0, 0.1) is 5.92 Å². The Morgan fingerprint density at radius 3 is 3.05 bits per heavy atom. The molecular weight excluding hydrogens is 272 g/mol. The van der Waals surface area contributed by atoms with E-state index in [2.05, 4.69) is 5.32 Å². The summed E-state index contributed by atoms with van der Waals surface area (Å²) in [7, 11) is 1.71. The van der Waals surface area contributed by atoms with Gasteiger partial charge in [0.15, 0.2) is 6.61 Å². The zero-order chi connectivity index (χ0) is 14.8. The monoisotopic (exact) mass is 290 g/mol. The molecule has 2 heterocycles. The first-order chi connectivity index (χ1) is 10.1. The van der Waals surface area contributed by atoms with E-state index in [0.717, 1.165) is 19.4 Å². The molecule has 21 heavy (non-hydrogen) atoms. The molecule has 0 aromatic heterocycles. The van der Waals surface area contributed by atoms with E-state index in [4.69, 9.17) is 9.47 Å². The highest BCUT2D eigenvalue weighted by atomic mass is 16.5. The van der Waals surface area contributed by atoms with E-state index in [1.165, 1.54) is 0 Å². The summed E-state index contributed by atoms with van der Waals surface area (Å²) in [6.45, 7) is 1.23. The highest BCUT2D eigenvalue weighted by molar-refractivity contribution is 5.98. The summed E-state index contributed by atoms with van der Waals surface area (Å²) in [6, 6.07) is 5.30. The lowest BCUT2D eigenvalue weighted by molar-refractivity contribution is -0.123. The molecule has 0 spiro atoms. The summed E-state index contributed by atoms with van der Waals surface area (Å²) in [6.07, 6.45) is 1.77. The number of anilines is 2. The van der Waals surface area contributed by atoms with Crippen LogP contribution in [0.25, 0.3) is 0 Å². The SMILES string of the molecule is CN1C(=O)COc2cc(NC(=O)C3CCCOC3)ccc21. The van der Waals surface area contributed by atoms with Crippen LogP contribution >= 0.6 is 0 Å². The molecule has 1 aromatic carbocycles. The lowest BCUT2D eigenvalue weighted by atomic mass is 10.0. The highest BCUT2D eigenvalue weighted by Gasteiger charge is 2.24. The topological polar surface area (TPSA) is 67.9 Å². The van der Waals surface area contributed by atoms with Gasteiger partial charge in [-0.2, -0.15) is 0 Å². The van der Waals surface area contributed by atoms with Crippen molar-refractivity contribution in [3.05, 3.63) is 18.2 Å². The van der Waals surface area contributed by atoms with Crippen LogP contribution in [0.3, 0.4) is 0 Å². The zero-order valence-corrected chi connectivity index (χ0v) is 11.9. The number of likely N-dealkylation sites (N-methyl/N-ethyl adjacent to an activating group) is 1. The van der Waals surface area contributed by atoms with E-state index in [-0.39, 0.29) is 24.3 Å². The van der Waals surface area contributed by atoms with Gasteiger partial charge in [-0.05, 0) is 25.0 Å². The average Bonchev–Trinajstić information content (AvgIpc) is 2.52. The van der Waals surface area contributed by atoms with Crippen molar-refractivity contribution in [3.8, 4) is 5.75 Å². The van der Waals surface area contributed by atoms with Crippen LogP contribution in [0.1, 0.15) is 12.8 Å². The maximum absolute atomic E-state index is 12.2. The number of nitrogens with one attached hydrogen (secondary N) is 1. The van der Waals surface area contributed by atoms with Gasteiger partial charge in [0.05, 0.1) is 18.2 Å². The minimum absolute atomic E-state index is 0.0252. The first-order valence-electron chi connectivity index (χ1n) is 7.07. The van der Waals surface area contributed by atoms with Crippen LogP contribution in [0.5, 0.6) is 5.75 Å². The number of hydrogen-bond acceptors (Lipinski definition) is 4. The minimum atomic E-state index is -0.0973. The molecule has 1 atom stereocenters. The molecule has 1 N–H and O–H groups in total. The van der Waals surface area contributed by atoms with E-state index < -0.39 is 0 Å². The number of benzene rings is 1. The van der Waals surface area contributed by atoms with Gasteiger partial charge in [0, 0.05) is 25.4 Å². The molecule has 1 saturated heterocycles. The molecule has 0 radical (unpaired) electrons. The van der Waals surface area contributed by atoms with Gasteiger partial charge in [0.2, 0.25) is 5.91 Å². The molecule has 1 fully saturated rings. The Balaban J connectivity index is 1.72. The second-order valence-electron chi connectivity index (χ2n) is 5.33. The van der Waals surface area contributed by atoms with Crippen LogP contribution in [0.4, 0.5) is 11.4 Å². The number of rotatable bonds is 2. The second kappa shape index (κ2) is 5.73.